The third-order valence-electron chi connectivity index (χ3n) is 8.18. The monoisotopic (exact) mass is 690 g/mol. The number of fused-ring (bicyclic) bond motifs is 1. The van der Waals surface area contributed by atoms with Gasteiger partial charge in [0.1, 0.15) is 0 Å². The van der Waals surface area contributed by atoms with Gasteiger partial charge in [-0.3, -0.25) is 0 Å². The minimum atomic E-state index is -4.33. The van der Waals surface area contributed by atoms with Gasteiger partial charge in [-0.15, -0.1) is 0 Å². The number of hydrogen-bond donors (Lipinski definition) is 1. The van der Waals surface area contributed by atoms with E-state index in [4.69, 9.17) is 35.2 Å². The number of imidazole rings is 1. The van der Waals surface area contributed by atoms with E-state index in [0.717, 1.165) is 15.9 Å². The Kier molecular flexibility index (Phi) is 8.91. The first-order chi connectivity index (χ1) is 23.0. The fourth-order valence-corrected chi connectivity index (χ4v) is 12.4. The Labute approximate surface area is 279 Å². The van der Waals surface area contributed by atoms with E-state index in [1.165, 1.54) is 31.7 Å². The number of carbonyl (C=O) groups excluding carboxylic acids is 3. The fraction of sp³-hybridized carbons (Fsp3) is 0.235. The number of nitrogens with zero attached hydrogens (tertiary/aromatic N) is 3. The molecule has 1 fully saturated rings. The summed E-state index contributed by atoms with van der Waals surface area (Å²) >= 11 is 8.37. The summed E-state index contributed by atoms with van der Waals surface area (Å²) in [5.41, 5.74) is -0.0543. The van der Waals surface area contributed by atoms with Crippen molar-refractivity contribution in [3.05, 3.63) is 108 Å². The van der Waals surface area contributed by atoms with Crippen LogP contribution in [-0.4, -0.2) is 62.3 Å². The molecule has 5 aromatic rings. The van der Waals surface area contributed by atoms with Crippen molar-refractivity contribution in [2.24, 2.45) is 0 Å². The summed E-state index contributed by atoms with van der Waals surface area (Å²) in [6, 6.07) is 28.5. The second kappa shape index (κ2) is 13.0. The molecule has 248 valence electrons. The van der Waals surface area contributed by atoms with Crippen LogP contribution in [0.5, 0.6) is 0 Å². The average Bonchev–Trinajstić information content (AvgIpc) is 3.64. The maximum atomic E-state index is 13.7. The molecule has 1 saturated heterocycles. The van der Waals surface area contributed by atoms with E-state index in [1.54, 1.807) is 0 Å². The third-order valence-corrected chi connectivity index (χ3v) is 15.4. The molecule has 0 amide bonds. The number of carbonyl (C=O) groups is 3. The van der Waals surface area contributed by atoms with Gasteiger partial charge >= 0.3 is 280 Å². The second-order valence-corrected chi connectivity index (χ2v) is 17.3. The summed E-state index contributed by atoms with van der Waals surface area (Å²) in [5, 5.41) is 2.23. The number of benzene rings is 3. The van der Waals surface area contributed by atoms with Crippen molar-refractivity contribution in [1.29, 1.82) is 0 Å². The first kappa shape index (κ1) is 33.0. The van der Waals surface area contributed by atoms with Gasteiger partial charge < -0.3 is 0 Å². The van der Waals surface area contributed by atoms with Crippen LogP contribution in [0.1, 0.15) is 27.0 Å². The summed E-state index contributed by atoms with van der Waals surface area (Å²) < 4.78 is 24.0. The Morgan fingerprint density at radius 2 is 1.31 bits per heavy atom. The van der Waals surface area contributed by atoms with Gasteiger partial charge in [-0.25, -0.2) is 0 Å². The molecule has 1 aliphatic rings. The molecular formula is C34H32ClN4O8P. The first-order valence-electron chi connectivity index (χ1n) is 15.0. The van der Waals surface area contributed by atoms with Crippen LogP contribution in [-0.2, 0) is 33.3 Å². The number of hydrogen-bond acceptors (Lipinski definition) is 10. The standard InChI is InChI=1S/C34H32ClN4O8P/c1-21(40)44-19-27-29(45-22(2)41)30(46-23(3)42)33(47-27)39-20-36-28-31(39)37-34(43)38-32(28)48(35,24-13-7-4-8-14-24,25-15-9-5-10-16-25)26-17-11-6-12-18-26/h4-18,20,27,29-30,33H,19H2,1-3H3,(H,37,38,43)/t27-,29-,30-,33-/m1/s1. The number of aromatic amines is 1. The molecule has 48 heavy (non-hydrogen) atoms. The summed E-state index contributed by atoms with van der Waals surface area (Å²) in [4.78, 5) is 61.9. The van der Waals surface area contributed by atoms with Gasteiger partial charge in [-0.2, -0.15) is 0 Å². The van der Waals surface area contributed by atoms with Gasteiger partial charge in [0.15, 0.2) is 0 Å². The second-order valence-electron chi connectivity index (χ2n) is 11.2. The molecule has 4 atom stereocenters. The van der Waals surface area contributed by atoms with Crippen molar-refractivity contribution >= 4 is 67.6 Å². The molecule has 2 aromatic heterocycles. The molecule has 1 N–H and O–H groups in total. The average molecular weight is 691 g/mol. The molecule has 14 heteroatoms. The fourth-order valence-electron chi connectivity index (χ4n) is 6.28. The van der Waals surface area contributed by atoms with Gasteiger partial charge in [-0.1, -0.05) is 0 Å². The number of aromatic nitrogens is 4. The van der Waals surface area contributed by atoms with Crippen molar-refractivity contribution in [1.82, 2.24) is 19.5 Å². The van der Waals surface area contributed by atoms with Crippen LogP contribution in [0.15, 0.2) is 102 Å². The van der Waals surface area contributed by atoms with Crippen LogP contribution in [0.25, 0.3) is 11.2 Å². The molecule has 6 rings (SSSR count). The van der Waals surface area contributed by atoms with Crippen LogP contribution in [0.3, 0.4) is 0 Å². The molecule has 0 radical (unpaired) electrons. The molecule has 0 unspecified atom stereocenters. The van der Waals surface area contributed by atoms with Gasteiger partial charge in [0.05, 0.1) is 0 Å². The van der Waals surface area contributed by atoms with Crippen LogP contribution >= 0.6 is 17.2 Å². The van der Waals surface area contributed by atoms with E-state index in [2.05, 4.69) is 9.97 Å². The summed E-state index contributed by atoms with van der Waals surface area (Å²) in [5.74, 6) is -6.27. The molecular weight excluding hydrogens is 659 g/mol. The van der Waals surface area contributed by atoms with Crippen LogP contribution < -0.4 is 27.0 Å². The molecule has 0 aliphatic carbocycles. The molecule has 1 aliphatic heterocycles. The van der Waals surface area contributed by atoms with Gasteiger partial charge in [0.25, 0.3) is 0 Å². The Hall–Kier alpha value is -4.90. The zero-order valence-corrected chi connectivity index (χ0v) is 27.8. The SMILES string of the molecule is CC(=O)OC[C@H]1O[C@@H](n2cnc3c(P(Cl)(c4ccccc4)(c4ccccc4)c4ccccc4)[nH]c(=O)nc32)[C@H](OC(C)=O)[C@@H]1OC(C)=O. The Morgan fingerprint density at radius 3 is 1.79 bits per heavy atom. The summed E-state index contributed by atoms with van der Waals surface area (Å²) in [6.07, 6.45) is -3.22. The first-order valence-corrected chi connectivity index (χ1v) is 18.2. The summed E-state index contributed by atoms with van der Waals surface area (Å²) in [7, 11) is 0. The molecule has 3 aromatic carbocycles. The number of esters is 3. The predicted molar refractivity (Wildman–Crippen MR) is 180 cm³/mol. The van der Waals surface area contributed by atoms with Crippen LogP contribution in [0.2, 0.25) is 0 Å². The van der Waals surface area contributed by atoms with E-state index in [-0.39, 0.29) is 17.8 Å². The predicted octanol–water partition coefficient (Wildman–Crippen LogP) is 2.75. The normalized spacial score (nSPS) is 20.0. The van der Waals surface area contributed by atoms with Crippen LogP contribution in [0, 0.1) is 0 Å². The van der Waals surface area contributed by atoms with Crippen molar-refractivity contribution < 1.29 is 33.3 Å². The van der Waals surface area contributed by atoms with Crippen molar-refractivity contribution in [3.8, 4) is 0 Å². The summed E-state index contributed by atoms with van der Waals surface area (Å²) in [6.45, 7) is 3.32. The topological polar surface area (TPSA) is 152 Å². The Morgan fingerprint density at radius 1 is 0.812 bits per heavy atom. The Bertz CT molecular complexity index is 1940. The number of ether oxygens (including phenoxy) is 4. The van der Waals surface area contributed by atoms with E-state index in [0.29, 0.717) is 5.44 Å². The molecule has 0 bridgehead atoms. The van der Waals surface area contributed by atoms with Crippen molar-refractivity contribution in [3.63, 3.8) is 0 Å². The van der Waals surface area contributed by atoms with Gasteiger partial charge in [0.2, 0.25) is 0 Å². The maximum absolute atomic E-state index is 13.7. The van der Waals surface area contributed by atoms with E-state index in [9.17, 15) is 19.2 Å². The Balaban J connectivity index is 1.64. The van der Waals surface area contributed by atoms with E-state index in [1.807, 2.05) is 91.0 Å². The number of rotatable bonds is 9. The zero-order valence-electron chi connectivity index (χ0n) is 26.2. The van der Waals surface area contributed by atoms with E-state index >= 15 is 0 Å². The van der Waals surface area contributed by atoms with Gasteiger partial charge in [0, 0.05) is 0 Å². The van der Waals surface area contributed by atoms with E-state index < -0.39 is 54.1 Å². The van der Waals surface area contributed by atoms with Crippen molar-refractivity contribution in [2.75, 3.05) is 6.61 Å². The van der Waals surface area contributed by atoms with Crippen molar-refractivity contribution in [2.45, 2.75) is 45.3 Å². The number of H-pyrrole nitrogens is 1. The zero-order chi connectivity index (χ0) is 34.1. The number of halogens is 1. The quantitative estimate of drug-likeness (QED) is 0.139. The molecule has 3 heterocycles. The van der Waals surface area contributed by atoms with Gasteiger partial charge in [-0.05, 0) is 0 Å². The molecule has 0 spiro atoms. The van der Waals surface area contributed by atoms with Crippen LogP contribution in [0.4, 0.5) is 0 Å². The third kappa shape index (κ3) is 5.55. The minimum absolute atomic E-state index is 0.0723. The molecule has 0 saturated carbocycles. The molecule has 12 nitrogen and oxygen atoms in total. The number of nitrogens with one attached hydrogen (secondary N) is 1.